The first-order valence-corrected chi connectivity index (χ1v) is 8.73. The number of hydrogen-bond donors (Lipinski definition) is 1. The molecule has 1 aliphatic heterocycles. The molecule has 3 unspecified atom stereocenters. The van der Waals surface area contributed by atoms with Crippen LogP contribution in [0.25, 0.3) is 0 Å². The van der Waals surface area contributed by atoms with Gasteiger partial charge in [0.15, 0.2) is 0 Å². The quantitative estimate of drug-likeness (QED) is 0.851. The molecule has 2 aliphatic rings. The first kappa shape index (κ1) is 14.7. The van der Waals surface area contributed by atoms with Gasteiger partial charge in [-0.15, -0.1) is 0 Å². The van der Waals surface area contributed by atoms with Gasteiger partial charge in [0.1, 0.15) is 0 Å². The summed E-state index contributed by atoms with van der Waals surface area (Å²) < 4.78 is 0. The van der Waals surface area contributed by atoms with Crippen molar-refractivity contribution in [2.75, 3.05) is 19.6 Å². The maximum Gasteiger partial charge on any atom is 0.0221 e. The minimum Gasteiger partial charge on any atom is -0.329 e. The Morgan fingerprint density at radius 2 is 1.72 bits per heavy atom. The Labute approximate surface area is 117 Å². The molecule has 0 aromatic carbocycles. The van der Waals surface area contributed by atoms with E-state index in [2.05, 4.69) is 30.5 Å². The van der Waals surface area contributed by atoms with Crippen molar-refractivity contribution in [3.8, 4) is 0 Å². The molecule has 0 spiro atoms. The molecule has 2 fully saturated rings. The summed E-state index contributed by atoms with van der Waals surface area (Å²) in [4.78, 5) is 2.68. The molecule has 3 atom stereocenters. The molecule has 1 saturated heterocycles. The molecule has 106 valence electrons. The fraction of sp³-hybridized carbons (Fsp3) is 1.00. The summed E-state index contributed by atoms with van der Waals surface area (Å²) in [5, 5.41) is 1.54. The van der Waals surface area contributed by atoms with Gasteiger partial charge < -0.3 is 5.73 Å². The van der Waals surface area contributed by atoms with Gasteiger partial charge in [0, 0.05) is 36.2 Å². The van der Waals surface area contributed by atoms with Crippen LogP contribution in [-0.4, -0.2) is 41.1 Å². The highest BCUT2D eigenvalue weighted by atomic mass is 32.2. The predicted molar refractivity (Wildman–Crippen MR) is 82.1 cm³/mol. The van der Waals surface area contributed by atoms with E-state index in [1.165, 1.54) is 51.6 Å². The van der Waals surface area contributed by atoms with Crippen LogP contribution in [0.15, 0.2) is 0 Å². The highest BCUT2D eigenvalue weighted by Gasteiger charge is 2.29. The molecule has 1 aliphatic carbocycles. The first-order valence-electron chi connectivity index (χ1n) is 7.78. The van der Waals surface area contributed by atoms with Gasteiger partial charge in [0.05, 0.1) is 0 Å². The molecule has 0 aromatic rings. The predicted octanol–water partition coefficient (Wildman–Crippen LogP) is 3.11. The number of hydrogen-bond acceptors (Lipinski definition) is 3. The first-order chi connectivity index (χ1) is 8.69. The zero-order valence-corrected chi connectivity index (χ0v) is 12.9. The van der Waals surface area contributed by atoms with Gasteiger partial charge in [-0.25, -0.2) is 0 Å². The standard InChI is InChI=1S/C15H30N2S/c1-12-10-17(11-13(2)18-12)15(9-16)8-14-6-4-3-5-7-14/h12-15H,3-11,16H2,1-2H3. The van der Waals surface area contributed by atoms with Crippen molar-refractivity contribution < 1.29 is 0 Å². The smallest absolute Gasteiger partial charge is 0.0221 e. The minimum atomic E-state index is 0.638. The number of nitrogens with two attached hydrogens (primary N) is 1. The van der Waals surface area contributed by atoms with Crippen molar-refractivity contribution in [2.24, 2.45) is 11.7 Å². The van der Waals surface area contributed by atoms with Crippen molar-refractivity contribution in [1.29, 1.82) is 0 Å². The Hall–Kier alpha value is 0.270. The van der Waals surface area contributed by atoms with Gasteiger partial charge in [0.25, 0.3) is 0 Å². The topological polar surface area (TPSA) is 29.3 Å². The van der Waals surface area contributed by atoms with Crippen molar-refractivity contribution in [2.45, 2.75) is 68.9 Å². The molecule has 2 nitrogen and oxygen atoms in total. The van der Waals surface area contributed by atoms with E-state index in [-0.39, 0.29) is 0 Å². The van der Waals surface area contributed by atoms with Crippen LogP contribution in [0.2, 0.25) is 0 Å². The van der Waals surface area contributed by atoms with E-state index >= 15 is 0 Å². The zero-order valence-electron chi connectivity index (χ0n) is 12.1. The normalized spacial score (nSPS) is 33.5. The van der Waals surface area contributed by atoms with Crippen LogP contribution in [-0.2, 0) is 0 Å². The average molecular weight is 270 g/mol. The van der Waals surface area contributed by atoms with E-state index in [9.17, 15) is 0 Å². The zero-order chi connectivity index (χ0) is 13.0. The lowest BCUT2D eigenvalue weighted by molar-refractivity contribution is 0.158. The number of thioether (sulfide) groups is 1. The Kier molecular flexibility index (Phi) is 5.84. The van der Waals surface area contributed by atoms with Crippen LogP contribution in [0.3, 0.4) is 0 Å². The lowest BCUT2D eigenvalue weighted by Crippen LogP contribution is -2.50. The van der Waals surface area contributed by atoms with Crippen LogP contribution in [0, 0.1) is 5.92 Å². The van der Waals surface area contributed by atoms with Gasteiger partial charge in [-0.05, 0) is 12.3 Å². The fourth-order valence-corrected chi connectivity index (χ4v) is 5.07. The number of nitrogens with zero attached hydrogens (tertiary/aromatic N) is 1. The maximum absolute atomic E-state index is 6.06. The number of rotatable bonds is 4. The fourth-order valence-electron chi connectivity index (χ4n) is 3.72. The molecule has 0 radical (unpaired) electrons. The van der Waals surface area contributed by atoms with Crippen LogP contribution in [0.1, 0.15) is 52.4 Å². The molecule has 18 heavy (non-hydrogen) atoms. The molecule has 0 amide bonds. The van der Waals surface area contributed by atoms with Gasteiger partial charge in [-0.1, -0.05) is 46.0 Å². The second-order valence-corrected chi connectivity index (χ2v) is 8.22. The van der Waals surface area contributed by atoms with Gasteiger partial charge in [-0.3, -0.25) is 4.90 Å². The summed E-state index contributed by atoms with van der Waals surface area (Å²) in [6, 6.07) is 0.638. The molecule has 0 bridgehead atoms. The molecular weight excluding hydrogens is 240 g/mol. The Bertz CT molecular complexity index is 231. The van der Waals surface area contributed by atoms with Crippen molar-refractivity contribution in [1.82, 2.24) is 4.90 Å². The Morgan fingerprint density at radius 3 is 2.28 bits per heavy atom. The van der Waals surface area contributed by atoms with Crippen LogP contribution < -0.4 is 5.73 Å². The molecule has 0 aromatic heterocycles. The second kappa shape index (κ2) is 7.16. The highest BCUT2D eigenvalue weighted by Crippen LogP contribution is 2.31. The van der Waals surface area contributed by atoms with Crippen LogP contribution in [0.5, 0.6) is 0 Å². The Balaban J connectivity index is 1.86. The van der Waals surface area contributed by atoms with E-state index in [1.54, 1.807) is 0 Å². The second-order valence-electron chi connectivity index (χ2n) is 6.34. The third kappa shape index (κ3) is 4.14. The third-order valence-corrected chi connectivity index (χ3v) is 5.79. The highest BCUT2D eigenvalue weighted by molar-refractivity contribution is 8.00. The van der Waals surface area contributed by atoms with E-state index in [1.807, 2.05) is 0 Å². The SMILES string of the molecule is CC1CN(C(CN)CC2CCCCC2)CC(C)S1. The van der Waals surface area contributed by atoms with Crippen LogP contribution in [0.4, 0.5) is 0 Å². The molecule has 3 heteroatoms. The van der Waals surface area contributed by atoms with E-state index < -0.39 is 0 Å². The third-order valence-electron chi connectivity index (χ3n) is 4.57. The summed E-state index contributed by atoms with van der Waals surface area (Å²) in [6.07, 6.45) is 8.60. The average Bonchev–Trinajstić information content (AvgIpc) is 2.36. The summed E-state index contributed by atoms with van der Waals surface area (Å²) >= 11 is 2.14. The summed E-state index contributed by atoms with van der Waals surface area (Å²) in [5.74, 6) is 0.951. The molecule has 1 saturated carbocycles. The molecule has 2 rings (SSSR count). The maximum atomic E-state index is 6.06. The summed E-state index contributed by atoms with van der Waals surface area (Å²) in [7, 11) is 0. The van der Waals surface area contributed by atoms with Gasteiger partial charge in [-0.2, -0.15) is 11.8 Å². The lowest BCUT2D eigenvalue weighted by Gasteiger charge is -2.41. The van der Waals surface area contributed by atoms with Crippen molar-refractivity contribution in [3.63, 3.8) is 0 Å². The van der Waals surface area contributed by atoms with E-state index in [0.717, 1.165) is 23.0 Å². The van der Waals surface area contributed by atoms with E-state index in [0.29, 0.717) is 6.04 Å². The summed E-state index contributed by atoms with van der Waals surface area (Å²) in [5.41, 5.74) is 6.06. The van der Waals surface area contributed by atoms with Crippen molar-refractivity contribution in [3.05, 3.63) is 0 Å². The molecular formula is C15H30N2S. The van der Waals surface area contributed by atoms with Gasteiger partial charge >= 0.3 is 0 Å². The van der Waals surface area contributed by atoms with Crippen LogP contribution >= 0.6 is 11.8 Å². The molecule has 2 N–H and O–H groups in total. The monoisotopic (exact) mass is 270 g/mol. The van der Waals surface area contributed by atoms with E-state index in [4.69, 9.17) is 5.73 Å². The molecule has 1 heterocycles. The largest absolute Gasteiger partial charge is 0.329 e. The minimum absolute atomic E-state index is 0.638. The Morgan fingerprint density at radius 1 is 1.11 bits per heavy atom. The van der Waals surface area contributed by atoms with Gasteiger partial charge in [0.2, 0.25) is 0 Å². The lowest BCUT2D eigenvalue weighted by atomic mass is 9.84. The van der Waals surface area contributed by atoms with Crippen molar-refractivity contribution >= 4 is 11.8 Å². The summed E-state index contributed by atoms with van der Waals surface area (Å²) in [6.45, 7) is 8.05.